The SMILES string of the molecule is CCc1nc(N)cc(Oc2ccc3c(c2)CCC(=O)N3)n1. The Hall–Kier alpha value is -2.63. The van der Waals surface area contributed by atoms with E-state index in [4.69, 9.17) is 10.5 Å². The molecule has 6 heteroatoms. The van der Waals surface area contributed by atoms with Crippen molar-refractivity contribution in [2.45, 2.75) is 26.2 Å². The van der Waals surface area contributed by atoms with E-state index in [1.54, 1.807) is 12.1 Å². The van der Waals surface area contributed by atoms with Crippen LogP contribution in [-0.2, 0) is 17.6 Å². The van der Waals surface area contributed by atoms with Gasteiger partial charge in [0, 0.05) is 24.6 Å². The van der Waals surface area contributed by atoms with Crippen LogP contribution < -0.4 is 15.8 Å². The molecule has 0 spiro atoms. The zero-order valence-electron chi connectivity index (χ0n) is 11.7. The van der Waals surface area contributed by atoms with E-state index in [1.165, 1.54) is 0 Å². The van der Waals surface area contributed by atoms with Crippen LogP contribution >= 0.6 is 0 Å². The number of nitrogens with two attached hydrogens (primary N) is 1. The molecule has 6 nitrogen and oxygen atoms in total. The predicted molar refractivity (Wildman–Crippen MR) is 79.3 cm³/mol. The van der Waals surface area contributed by atoms with Gasteiger partial charge in [-0.05, 0) is 30.2 Å². The zero-order chi connectivity index (χ0) is 14.8. The molecule has 0 atom stereocenters. The Morgan fingerprint density at radius 3 is 2.95 bits per heavy atom. The molecule has 1 aliphatic rings. The van der Waals surface area contributed by atoms with E-state index in [1.807, 2.05) is 19.1 Å². The van der Waals surface area contributed by atoms with Crippen molar-refractivity contribution in [3.63, 3.8) is 0 Å². The van der Waals surface area contributed by atoms with Gasteiger partial charge in [0.2, 0.25) is 11.8 Å². The number of nitrogens with zero attached hydrogens (tertiary/aromatic N) is 2. The minimum atomic E-state index is 0.0485. The van der Waals surface area contributed by atoms with Gasteiger partial charge in [-0.3, -0.25) is 4.79 Å². The lowest BCUT2D eigenvalue weighted by atomic mass is 10.0. The van der Waals surface area contributed by atoms with Gasteiger partial charge >= 0.3 is 0 Å². The second-order valence-electron chi connectivity index (χ2n) is 4.87. The average molecular weight is 284 g/mol. The molecule has 0 radical (unpaired) electrons. The van der Waals surface area contributed by atoms with E-state index < -0.39 is 0 Å². The van der Waals surface area contributed by atoms with Crippen LogP contribution in [0, 0.1) is 0 Å². The molecule has 3 N–H and O–H groups in total. The first-order valence-electron chi connectivity index (χ1n) is 6.88. The second-order valence-corrected chi connectivity index (χ2v) is 4.87. The van der Waals surface area contributed by atoms with Gasteiger partial charge in [-0.1, -0.05) is 6.92 Å². The molecule has 2 aromatic rings. The number of ether oxygens (including phenoxy) is 1. The average Bonchev–Trinajstić information content (AvgIpc) is 2.47. The molecule has 21 heavy (non-hydrogen) atoms. The van der Waals surface area contributed by atoms with Crippen molar-refractivity contribution in [1.82, 2.24) is 9.97 Å². The van der Waals surface area contributed by atoms with Gasteiger partial charge < -0.3 is 15.8 Å². The lowest BCUT2D eigenvalue weighted by molar-refractivity contribution is -0.116. The first kappa shape index (κ1) is 13.4. The van der Waals surface area contributed by atoms with Gasteiger partial charge in [0.25, 0.3) is 0 Å². The van der Waals surface area contributed by atoms with Crippen LogP contribution in [0.4, 0.5) is 11.5 Å². The van der Waals surface area contributed by atoms with E-state index in [2.05, 4.69) is 15.3 Å². The Balaban J connectivity index is 1.85. The molecule has 3 rings (SSSR count). The number of carbonyl (C=O) groups is 1. The number of benzene rings is 1. The van der Waals surface area contributed by atoms with Crippen molar-refractivity contribution in [2.75, 3.05) is 11.1 Å². The van der Waals surface area contributed by atoms with Gasteiger partial charge in [0.15, 0.2) is 0 Å². The molecule has 0 aliphatic carbocycles. The smallest absolute Gasteiger partial charge is 0.224 e. The highest BCUT2D eigenvalue weighted by atomic mass is 16.5. The van der Waals surface area contributed by atoms with Crippen molar-refractivity contribution < 1.29 is 9.53 Å². The number of nitrogen functional groups attached to an aromatic ring is 1. The summed E-state index contributed by atoms with van der Waals surface area (Å²) >= 11 is 0. The van der Waals surface area contributed by atoms with E-state index in [9.17, 15) is 4.79 Å². The van der Waals surface area contributed by atoms with Gasteiger partial charge in [0.05, 0.1) is 0 Å². The molecule has 2 heterocycles. The number of hydrogen-bond acceptors (Lipinski definition) is 5. The van der Waals surface area contributed by atoms with Crippen molar-refractivity contribution in [3.8, 4) is 11.6 Å². The molecule has 0 fully saturated rings. The van der Waals surface area contributed by atoms with E-state index in [0.717, 1.165) is 11.3 Å². The highest BCUT2D eigenvalue weighted by Crippen LogP contribution is 2.29. The summed E-state index contributed by atoms with van der Waals surface area (Å²) in [5, 5.41) is 2.84. The maximum absolute atomic E-state index is 11.3. The van der Waals surface area contributed by atoms with Crippen molar-refractivity contribution in [3.05, 3.63) is 35.7 Å². The highest BCUT2D eigenvalue weighted by Gasteiger charge is 2.15. The maximum Gasteiger partial charge on any atom is 0.224 e. The third kappa shape index (κ3) is 2.94. The van der Waals surface area contributed by atoms with Gasteiger partial charge in [-0.25, -0.2) is 4.98 Å². The summed E-state index contributed by atoms with van der Waals surface area (Å²) < 4.78 is 5.75. The number of fused-ring (bicyclic) bond motifs is 1. The monoisotopic (exact) mass is 284 g/mol. The van der Waals surface area contributed by atoms with Gasteiger partial charge in [-0.15, -0.1) is 0 Å². The largest absolute Gasteiger partial charge is 0.439 e. The third-order valence-corrected chi connectivity index (χ3v) is 3.28. The topological polar surface area (TPSA) is 90.1 Å². The Bertz CT molecular complexity index is 700. The van der Waals surface area contributed by atoms with Gasteiger partial charge in [0.1, 0.15) is 17.4 Å². The summed E-state index contributed by atoms with van der Waals surface area (Å²) in [7, 11) is 0. The molecule has 1 aromatic heterocycles. The Labute approximate surface area is 122 Å². The molecule has 1 aliphatic heterocycles. The molecule has 0 bridgehead atoms. The molecule has 0 saturated carbocycles. The van der Waals surface area contributed by atoms with Crippen LogP contribution in [0.5, 0.6) is 11.6 Å². The number of rotatable bonds is 3. The Morgan fingerprint density at radius 2 is 2.14 bits per heavy atom. The number of carbonyl (C=O) groups excluding carboxylic acids is 1. The number of hydrogen-bond donors (Lipinski definition) is 2. The van der Waals surface area contributed by atoms with Crippen LogP contribution in [0.25, 0.3) is 0 Å². The maximum atomic E-state index is 11.3. The molecular formula is C15H16N4O2. The van der Waals surface area contributed by atoms with Crippen LogP contribution in [-0.4, -0.2) is 15.9 Å². The van der Waals surface area contributed by atoms with Crippen LogP contribution in [0.15, 0.2) is 24.3 Å². The molecule has 0 saturated heterocycles. The van der Waals surface area contributed by atoms with E-state index in [0.29, 0.717) is 42.5 Å². The molecule has 108 valence electrons. The Kier molecular flexibility index (Phi) is 3.43. The van der Waals surface area contributed by atoms with Crippen molar-refractivity contribution in [2.24, 2.45) is 0 Å². The number of amides is 1. The summed E-state index contributed by atoms with van der Waals surface area (Å²) in [6.45, 7) is 1.96. The molecule has 1 aromatic carbocycles. The first-order valence-corrected chi connectivity index (χ1v) is 6.88. The van der Waals surface area contributed by atoms with Crippen molar-refractivity contribution in [1.29, 1.82) is 0 Å². The van der Waals surface area contributed by atoms with Crippen LogP contribution in [0.2, 0.25) is 0 Å². The summed E-state index contributed by atoms with van der Waals surface area (Å²) in [6, 6.07) is 7.15. The number of aryl methyl sites for hydroxylation is 2. The van der Waals surface area contributed by atoms with E-state index in [-0.39, 0.29) is 5.91 Å². The lowest BCUT2D eigenvalue weighted by Crippen LogP contribution is -2.18. The summed E-state index contributed by atoms with van der Waals surface area (Å²) in [5.41, 5.74) is 7.64. The fourth-order valence-electron chi connectivity index (χ4n) is 2.25. The first-order chi connectivity index (χ1) is 10.1. The standard InChI is InChI=1S/C15H16N4O2/c1-2-13-18-12(16)8-15(19-13)21-10-4-5-11-9(7-10)3-6-14(20)17-11/h4-5,7-8H,2-3,6H2,1H3,(H,17,20)(H2,16,18,19). The lowest BCUT2D eigenvalue weighted by Gasteiger charge is -2.17. The Morgan fingerprint density at radius 1 is 1.29 bits per heavy atom. The number of anilines is 2. The molecular weight excluding hydrogens is 268 g/mol. The fourth-order valence-corrected chi connectivity index (χ4v) is 2.25. The van der Waals surface area contributed by atoms with Crippen LogP contribution in [0.1, 0.15) is 24.7 Å². The second kappa shape index (κ2) is 5.40. The fraction of sp³-hybridized carbons (Fsp3) is 0.267. The highest BCUT2D eigenvalue weighted by molar-refractivity contribution is 5.94. The molecule has 1 amide bonds. The number of nitrogens with one attached hydrogen (secondary N) is 1. The molecule has 0 unspecified atom stereocenters. The van der Waals surface area contributed by atoms with Gasteiger partial charge in [-0.2, -0.15) is 4.98 Å². The minimum absolute atomic E-state index is 0.0485. The summed E-state index contributed by atoms with van der Waals surface area (Å²) in [4.78, 5) is 19.7. The quantitative estimate of drug-likeness (QED) is 0.902. The van der Waals surface area contributed by atoms with Crippen LogP contribution in [0.3, 0.4) is 0 Å². The third-order valence-electron chi connectivity index (χ3n) is 3.28. The summed E-state index contributed by atoms with van der Waals surface area (Å²) in [6.07, 6.45) is 1.90. The summed E-state index contributed by atoms with van der Waals surface area (Å²) in [5.74, 6) is 2.19. The zero-order valence-corrected chi connectivity index (χ0v) is 11.7. The van der Waals surface area contributed by atoms with Crippen molar-refractivity contribution >= 4 is 17.4 Å². The van der Waals surface area contributed by atoms with E-state index >= 15 is 0 Å². The predicted octanol–water partition coefficient (Wildman–Crippen LogP) is 2.30. The minimum Gasteiger partial charge on any atom is -0.439 e. The number of aromatic nitrogens is 2. The normalized spacial score (nSPS) is 13.5.